The largest absolute Gasteiger partial charge is 0.507 e. The van der Waals surface area contributed by atoms with Gasteiger partial charge >= 0.3 is 0 Å². The monoisotopic (exact) mass is 962 g/mol. The summed E-state index contributed by atoms with van der Waals surface area (Å²) in [5.74, 6) is 0.866. The van der Waals surface area contributed by atoms with Crippen LogP contribution in [0.1, 0.15) is 52.7 Å². The Morgan fingerprint density at radius 1 is 0.650 bits per heavy atom. The Balaban J connectivity index is 0.00000462. The predicted molar refractivity (Wildman–Crippen MR) is 241 cm³/mol. The maximum absolute atomic E-state index is 12.4. The van der Waals surface area contributed by atoms with Gasteiger partial charge < -0.3 is 9.52 Å². The molecule has 3 heterocycles. The van der Waals surface area contributed by atoms with Crippen molar-refractivity contribution in [2.75, 3.05) is 0 Å². The summed E-state index contributed by atoms with van der Waals surface area (Å²) in [6.45, 7) is 13.1. The standard InChI is InChI=1S/C53H43N4O2.Pt/c1-52(2,3)35-29-42(49(58)43(30-35)53(4,5)6)51-55-48-39(23-16-25-45(48)57(51)44-24-14-12-20-36(44)32-17-8-7-9-18-32)41-28-34(47-37-21-11-10-19-33(37)31-54-56-47)27-40-38-22-13-15-26-46(38)59-50(40)41;/h7-27,29-31,58H,1-6H3;/q-1;. The molecule has 0 amide bonds. The molecule has 0 aliphatic heterocycles. The molecule has 10 rings (SSSR count). The van der Waals surface area contributed by atoms with E-state index in [2.05, 4.69) is 166 Å². The summed E-state index contributed by atoms with van der Waals surface area (Å²) in [7, 11) is 0. The van der Waals surface area contributed by atoms with E-state index in [-0.39, 0.29) is 37.6 Å². The van der Waals surface area contributed by atoms with Gasteiger partial charge in [-0.15, -0.1) is 12.1 Å². The van der Waals surface area contributed by atoms with Crippen molar-refractivity contribution in [2.45, 2.75) is 52.4 Å². The van der Waals surface area contributed by atoms with Crippen LogP contribution in [0.4, 0.5) is 0 Å². The molecular weight excluding hydrogens is 920 g/mol. The van der Waals surface area contributed by atoms with Crippen LogP contribution in [0.5, 0.6) is 5.75 Å². The fourth-order valence-corrected chi connectivity index (χ4v) is 8.38. The second kappa shape index (κ2) is 14.7. The second-order valence-corrected chi connectivity index (χ2v) is 17.4. The van der Waals surface area contributed by atoms with Crippen LogP contribution in [0.25, 0.3) is 94.3 Å². The van der Waals surface area contributed by atoms with Crippen molar-refractivity contribution in [1.82, 2.24) is 19.7 Å². The Morgan fingerprint density at radius 2 is 1.35 bits per heavy atom. The average Bonchev–Trinajstić information content (AvgIpc) is 3.82. The number of hydrogen-bond acceptors (Lipinski definition) is 5. The van der Waals surface area contributed by atoms with Gasteiger partial charge in [0.1, 0.15) is 17.2 Å². The molecular formula is C53H43N4O2Pt-. The molecule has 6 nitrogen and oxygen atoms in total. The SMILES string of the molecule is CC(C)(C)c1cc(-c2nc3c(-c4[c-]c(-c5nncc6ccccc56)cc5c4oc4ccccc45)cccc3n2-c2ccccc2-c2ccccc2)c(O)c(C(C)(C)C)c1.[Pt]. The molecule has 1 N–H and O–H groups in total. The maximum Gasteiger partial charge on any atom is 0.148 e. The van der Waals surface area contributed by atoms with Gasteiger partial charge in [0, 0.05) is 43.3 Å². The molecule has 3 aromatic heterocycles. The molecule has 0 radical (unpaired) electrons. The van der Waals surface area contributed by atoms with Crippen molar-refractivity contribution in [3.63, 3.8) is 0 Å². The fraction of sp³-hybridized carbons (Fsp3) is 0.151. The van der Waals surface area contributed by atoms with Gasteiger partial charge in [-0.05, 0) is 62.4 Å². The predicted octanol–water partition coefficient (Wildman–Crippen LogP) is 13.6. The first-order valence-electron chi connectivity index (χ1n) is 20.1. The Labute approximate surface area is 363 Å². The Morgan fingerprint density at radius 3 is 2.13 bits per heavy atom. The zero-order valence-electron chi connectivity index (χ0n) is 34.3. The number of imidazole rings is 1. The summed E-state index contributed by atoms with van der Waals surface area (Å²) in [4.78, 5) is 5.60. The van der Waals surface area contributed by atoms with E-state index in [1.54, 1.807) is 6.20 Å². The molecule has 60 heavy (non-hydrogen) atoms. The third kappa shape index (κ3) is 6.51. The molecule has 0 saturated heterocycles. The molecule has 0 fully saturated rings. The number of fused-ring (bicyclic) bond motifs is 5. The van der Waals surface area contributed by atoms with Crippen LogP contribution in [0, 0.1) is 6.07 Å². The molecule has 0 saturated carbocycles. The zero-order chi connectivity index (χ0) is 40.6. The smallest absolute Gasteiger partial charge is 0.148 e. The molecule has 0 atom stereocenters. The first-order valence-corrected chi connectivity index (χ1v) is 20.1. The number of phenols is 1. The van der Waals surface area contributed by atoms with Crippen LogP contribution in [0.2, 0.25) is 0 Å². The normalized spacial score (nSPS) is 12.1. The number of aromatic nitrogens is 4. The summed E-state index contributed by atoms with van der Waals surface area (Å²) in [5.41, 5.74) is 11.5. The summed E-state index contributed by atoms with van der Waals surface area (Å²) < 4.78 is 8.95. The van der Waals surface area contributed by atoms with E-state index >= 15 is 0 Å². The van der Waals surface area contributed by atoms with E-state index in [1.807, 2.05) is 36.4 Å². The summed E-state index contributed by atoms with van der Waals surface area (Å²) >= 11 is 0. The second-order valence-electron chi connectivity index (χ2n) is 17.4. The summed E-state index contributed by atoms with van der Waals surface area (Å²) in [6.07, 6.45) is 1.79. The van der Waals surface area contributed by atoms with Gasteiger partial charge in [0.15, 0.2) is 0 Å². The Bertz CT molecular complexity index is 3250. The first kappa shape index (κ1) is 39.1. The minimum atomic E-state index is -0.336. The minimum Gasteiger partial charge on any atom is -0.507 e. The number of hydrogen-bond donors (Lipinski definition) is 1. The van der Waals surface area contributed by atoms with Crippen molar-refractivity contribution < 1.29 is 30.6 Å². The fourth-order valence-electron chi connectivity index (χ4n) is 8.38. The van der Waals surface area contributed by atoms with E-state index < -0.39 is 0 Å². The molecule has 0 bridgehead atoms. The average molecular weight is 963 g/mol. The molecule has 0 aliphatic rings. The van der Waals surface area contributed by atoms with Crippen LogP contribution < -0.4 is 0 Å². The van der Waals surface area contributed by atoms with Crippen LogP contribution in [-0.2, 0) is 31.9 Å². The van der Waals surface area contributed by atoms with E-state index in [4.69, 9.17) is 9.40 Å². The minimum absolute atomic E-state index is 0. The number of rotatable bonds is 5. The van der Waals surface area contributed by atoms with Gasteiger partial charge in [-0.3, -0.25) is 4.57 Å². The molecule has 0 unspecified atom stereocenters. The zero-order valence-corrected chi connectivity index (χ0v) is 36.6. The van der Waals surface area contributed by atoms with Crippen molar-refractivity contribution >= 4 is 43.7 Å². The topological polar surface area (TPSA) is 77.0 Å². The van der Waals surface area contributed by atoms with Crippen molar-refractivity contribution in [3.8, 4) is 56.3 Å². The Hall–Kier alpha value is -6.36. The van der Waals surface area contributed by atoms with Gasteiger partial charge in [-0.2, -0.15) is 10.2 Å². The van der Waals surface area contributed by atoms with Gasteiger partial charge in [0.05, 0.1) is 34.1 Å². The number of nitrogens with zero attached hydrogens (tertiary/aromatic N) is 4. The number of phenolic OH excluding ortho intramolecular Hbond substituents is 1. The molecule has 7 heteroatoms. The summed E-state index contributed by atoms with van der Waals surface area (Å²) in [6, 6.07) is 51.6. The van der Waals surface area contributed by atoms with Gasteiger partial charge in [0.25, 0.3) is 0 Å². The third-order valence-corrected chi connectivity index (χ3v) is 11.4. The number of benzene rings is 7. The van der Waals surface area contributed by atoms with Crippen LogP contribution >= 0.6 is 0 Å². The van der Waals surface area contributed by atoms with Gasteiger partial charge in [-0.25, -0.2) is 4.98 Å². The van der Waals surface area contributed by atoms with E-state index in [0.717, 1.165) is 88.5 Å². The van der Waals surface area contributed by atoms with E-state index in [1.165, 1.54) is 0 Å². The Kier molecular flexibility index (Phi) is 9.60. The van der Waals surface area contributed by atoms with E-state index in [0.29, 0.717) is 17.0 Å². The molecule has 298 valence electrons. The number of para-hydroxylation sites is 3. The maximum atomic E-state index is 12.4. The van der Waals surface area contributed by atoms with Crippen LogP contribution in [0.15, 0.2) is 150 Å². The van der Waals surface area contributed by atoms with E-state index in [9.17, 15) is 5.11 Å². The van der Waals surface area contributed by atoms with Gasteiger partial charge in [-0.1, -0.05) is 167 Å². The molecule has 7 aromatic carbocycles. The first-order chi connectivity index (χ1) is 28.5. The van der Waals surface area contributed by atoms with Crippen molar-refractivity contribution in [1.29, 1.82) is 0 Å². The number of aromatic hydroxyl groups is 1. The molecule has 0 aliphatic carbocycles. The van der Waals surface area contributed by atoms with Crippen LogP contribution in [-0.4, -0.2) is 24.9 Å². The van der Waals surface area contributed by atoms with Crippen molar-refractivity contribution in [3.05, 3.63) is 163 Å². The third-order valence-electron chi connectivity index (χ3n) is 11.4. The summed E-state index contributed by atoms with van der Waals surface area (Å²) in [5, 5.41) is 25.5. The van der Waals surface area contributed by atoms with Crippen molar-refractivity contribution in [2.24, 2.45) is 0 Å². The molecule has 10 aromatic rings. The number of furan rings is 1. The quantitative estimate of drug-likeness (QED) is 0.174. The molecule has 0 spiro atoms. The van der Waals surface area contributed by atoms with Gasteiger partial charge in [0.2, 0.25) is 0 Å². The van der Waals surface area contributed by atoms with Crippen LogP contribution in [0.3, 0.4) is 0 Å².